The van der Waals surface area contributed by atoms with E-state index in [1.807, 2.05) is 0 Å². The largest absolute Gasteiger partial charge is 0.320 e. The first-order valence-corrected chi connectivity index (χ1v) is 4.73. The average Bonchev–Trinajstić information content (AvgIpc) is 1.86. The van der Waals surface area contributed by atoms with Crippen LogP contribution in [0.1, 0.15) is 0 Å². The zero-order valence-corrected chi connectivity index (χ0v) is 8.37. The standard InChI is InChI=1S/C4H4BrF4I/c5-2(1-10)4(8,9)3(6)7/h2-3H,1H2. The van der Waals surface area contributed by atoms with E-state index in [-0.39, 0.29) is 4.43 Å². The van der Waals surface area contributed by atoms with Crippen LogP contribution >= 0.6 is 38.5 Å². The maximum absolute atomic E-state index is 12.1. The van der Waals surface area contributed by atoms with Gasteiger partial charge in [0, 0.05) is 4.43 Å². The fourth-order valence-electron chi connectivity index (χ4n) is 0.240. The molecule has 0 bridgehead atoms. The van der Waals surface area contributed by atoms with Gasteiger partial charge in [0.1, 0.15) is 0 Å². The van der Waals surface area contributed by atoms with Crippen molar-refractivity contribution < 1.29 is 17.6 Å². The molecule has 0 nitrogen and oxygen atoms in total. The van der Waals surface area contributed by atoms with Crippen LogP contribution in [0.3, 0.4) is 0 Å². The summed E-state index contributed by atoms with van der Waals surface area (Å²) in [6.45, 7) is 0. The molecule has 0 radical (unpaired) electrons. The predicted molar refractivity (Wildman–Crippen MR) is 42.6 cm³/mol. The highest BCUT2D eigenvalue weighted by Crippen LogP contribution is 2.32. The molecule has 0 heterocycles. The molecule has 10 heavy (non-hydrogen) atoms. The third kappa shape index (κ3) is 2.52. The Morgan fingerprint density at radius 1 is 1.40 bits per heavy atom. The predicted octanol–water partition coefficient (Wildman–Crippen LogP) is 3.09. The normalized spacial score (nSPS) is 15.9. The zero-order valence-electron chi connectivity index (χ0n) is 4.63. The number of halogens is 6. The van der Waals surface area contributed by atoms with Crippen molar-refractivity contribution in [2.24, 2.45) is 0 Å². The highest BCUT2D eigenvalue weighted by atomic mass is 127. The fraction of sp³-hybridized carbons (Fsp3) is 1.00. The Balaban J connectivity index is 4.09. The summed E-state index contributed by atoms with van der Waals surface area (Å²) < 4.78 is 47.2. The first kappa shape index (κ1) is 10.9. The third-order valence-corrected chi connectivity index (χ3v) is 3.87. The number of hydrogen-bond donors (Lipinski definition) is 0. The van der Waals surface area contributed by atoms with Crippen LogP contribution in [0, 0.1) is 0 Å². The van der Waals surface area contributed by atoms with Crippen molar-refractivity contribution in [3.05, 3.63) is 0 Å². The van der Waals surface area contributed by atoms with Gasteiger partial charge in [-0.05, 0) is 0 Å². The van der Waals surface area contributed by atoms with E-state index in [1.165, 1.54) is 0 Å². The van der Waals surface area contributed by atoms with E-state index < -0.39 is 17.2 Å². The first-order valence-electron chi connectivity index (χ1n) is 2.29. The highest BCUT2D eigenvalue weighted by molar-refractivity contribution is 14.1. The molecule has 0 aliphatic carbocycles. The van der Waals surface area contributed by atoms with Gasteiger partial charge in [-0.2, -0.15) is 8.78 Å². The summed E-state index contributed by atoms with van der Waals surface area (Å²) in [6.07, 6.45) is -3.59. The quantitative estimate of drug-likeness (QED) is 0.423. The highest BCUT2D eigenvalue weighted by Gasteiger charge is 2.46. The Morgan fingerprint density at radius 2 is 1.80 bits per heavy atom. The molecule has 0 aromatic heterocycles. The van der Waals surface area contributed by atoms with Gasteiger partial charge in [0.25, 0.3) is 0 Å². The van der Waals surface area contributed by atoms with E-state index in [4.69, 9.17) is 0 Å². The van der Waals surface area contributed by atoms with Gasteiger partial charge < -0.3 is 0 Å². The van der Waals surface area contributed by atoms with Crippen LogP contribution < -0.4 is 0 Å². The van der Waals surface area contributed by atoms with Gasteiger partial charge in [0.15, 0.2) is 0 Å². The second kappa shape index (κ2) is 4.08. The minimum atomic E-state index is -3.92. The van der Waals surface area contributed by atoms with E-state index in [0.717, 1.165) is 0 Å². The van der Waals surface area contributed by atoms with Crippen molar-refractivity contribution in [2.45, 2.75) is 17.2 Å². The zero-order chi connectivity index (χ0) is 8.36. The number of hydrogen-bond acceptors (Lipinski definition) is 0. The van der Waals surface area contributed by atoms with Crippen LogP contribution in [-0.2, 0) is 0 Å². The van der Waals surface area contributed by atoms with Crippen molar-refractivity contribution in [1.82, 2.24) is 0 Å². The molecule has 0 aliphatic heterocycles. The van der Waals surface area contributed by atoms with Crippen LogP contribution in [0.4, 0.5) is 17.6 Å². The average molecular weight is 335 g/mol. The molecule has 6 heteroatoms. The van der Waals surface area contributed by atoms with Crippen LogP contribution in [0.5, 0.6) is 0 Å². The lowest BCUT2D eigenvalue weighted by Gasteiger charge is -2.18. The molecule has 0 saturated heterocycles. The summed E-state index contributed by atoms with van der Waals surface area (Å²) in [6, 6.07) is 0. The first-order chi connectivity index (χ1) is 4.42. The number of rotatable bonds is 3. The third-order valence-electron chi connectivity index (χ3n) is 0.844. The summed E-state index contributed by atoms with van der Waals surface area (Å²) >= 11 is 4.07. The molecule has 0 rings (SSSR count). The Hall–Kier alpha value is 0.930. The second-order valence-corrected chi connectivity index (χ2v) is 3.58. The maximum atomic E-state index is 12.1. The second-order valence-electron chi connectivity index (χ2n) is 1.60. The van der Waals surface area contributed by atoms with E-state index in [2.05, 4.69) is 15.9 Å². The lowest BCUT2D eigenvalue weighted by Crippen LogP contribution is -2.37. The van der Waals surface area contributed by atoms with E-state index in [0.29, 0.717) is 0 Å². The monoisotopic (exact) mass is 334 g/mol. The molecular formula is C4H4BrF4I. The van der Waals surface area contributed by atoms with Crippen molar-refractivity contribution in [1.29, 1.82) is 0 Å². The van der Waals surface area contributed by atoms with Crippen molar-refractivity contribution in [3.63, 3.8) is 0 Å². The van der Waals surface area contributed by atoms with Crippen LogP contribution in [0.15, 0.2) is 0 Å². The summed E-state index contributed by atoms with van der Waals surface area (Å²) in [5, 5.41) is 0. The van der Waals surface area contributed by atoms with Gasteiger partial charge in [-0.1, -0.05) is 38.5 Å². The van der Waals surface area contributed by atoms with Crippen molar-refractivity contribution in [3.8, 4) is 0 Å². The van der Waals surface area contributed by atoms with Gasteiger partial charge in [-0.15, -0.1) is 0 Å². The lowest BCUT2D eigenvalue weighted by atomic mass is 10.3. The minimum Gasteiger partial charge on any atom is -0.204 e. The molecule has 1 unspecified atom stereocenters. The molecule has 0 amide bonds. The van der Waals surface area contributed by atoms with Crippen LogP contribution in [0.2, 0.25) is 0 Å². The van der Waals surface area contributed by atoms with Crippen LogP contribution in [-0.4, -0.2) is 21.6 Å². The van der Waals surface area contributed by atoms with Gasteiger partial charge in [0.05, 0.1) is 4.83 Å². The van der Waals surface area contributed by atoms with Crippen molar-refractivity contribution in [2.75, 3.05) is 4.43 Å². The van der Waals surface area contributed by atoms with Gasteiger partial charge in [-0.25, -0.2) is 8.78 Å². The summed E-state index contributed by atoms with van der Waals surface area (Å²) in [5.74, 6) is -3.92. The SMILES string of the molecule is FC(F)C(F)(F)C(Br)CI. The van der Waals surface area contributed by atoms with Gasteiger partial charge in [0.2, 0.25) is 0 Å². The summed E-state index contributed by atoms with van der Waals surface area (Å²) in [4.78, 5) is -1.44. The minimum absolute atomic E-state index is 0.0465. The molecule has 0 aromatic rings. The molecule has 0 aromatic carbocycles. The smallest absolute Gasteiger partial charge is 0.204 e. The summed E-state index contributed by atoms with van der Waals surface area (Å²) in [7, 11) is 0. The fourth-order valence-corrected chi connectivity index (χ4v) is 1.03. The maximum Gasteiger partial charge on any atom is 0.320 e. The molecular weight excluding hydrogens is 331 g/mol. The number of alkyl halides is 6. The Labute approximate surface area is 77.6 Å². The van der Waals surface area contributed by atoms with Crippen molar-refractivity contribution >= 4 is 38.5 Å². The van der Waals surface area contributed by atoms with Gasteiger partial charge >= 0.3 is 12.3 Å². The topological polar surface area (TPSA) is 0 Å². The van der Waals surface area contributed by atoms with E-state index in [9.17, 15) is 17.6 Å². The molecule has 0 N–H and O–H groups in total. The molecule has 0 saturated carbocycles. The molecule has 1 atom stereocenters. The van der Waals surface area contributed by atoms with Gasteiger partial charge in [-0.3, -0.25) is 0 Å². The Morgan fingerprint density at radius 3 is 1.90 bits per heavy atom. The van der Waals surface area contributed by atoms with E-state index >= 15 is 0 Å². The molecule has 0 fully saturated rings. The summed E-state index contributed by atoms with van der Waals surface area (Å²) in [5.41, 5.74) is 0. The van der Waals surface area contributed by atoms with Crippen LogP contribution in [0.25, 0.3) is 0 Å². The lowest BCUT2D eigenvalue weighted by molar-refractivity contribution is -0.123. The molecule has 0 spiro atoms. The molecule has 0 aliphatic rings. The molecule has 62 valence electrons. The Bertz CT molecular complexity index is 107. The Kier molecular flexibility index (Phi) is 4.46. The van der Waals surface area contributed by atoms with E-state index in [1.54, 1.807) is 22.6 Å².